The fraction of sp³-hybridized carbons (Fsp3) is 0.952. The highest BCUT2D eigenvalue weighted by molar-refractivity contribution is 5.73. The molecule has 0 fully saturated rings. The summed E-state index contributed by atoms with van der Waals surface area (Å²) in [6, 6.07) is 0. The molecule has 0 atom stereocenters. The van der Waals surface area contributed by atoms with E-state index in [1.165, 1.54) is 58.3 Å². The van der Waals surface area contributed by atoms with Gasteiger partial charge >= 0.3 is 0 Å². The molecule has 0 heterocycles. The van der Waals surface area contributed by atoms with Crippen LogP contribution in [0.25, 0.3) is 0 Å². The maximum atomic E-state index is 11.9. The zero-order chi connectivity index (χ0) is 18.8. The second kappa shape index (κ2) is 19.1. The van der Waals surface area contributed by atoms with Crippen molar-refractivity contribution in [2.75, 3.05) is 19.9 Å². The Bertz CT molecular complexity index is 310. The Morgan fingerprint density at radius 3 is 1.42 bits per heavy atom. The van der Waals surface area contributed by atoms with Crippen molar-refractivity contribution in [2.24, 2.45) is 0 Å². The highest BCUT2D eigenvalue weighted by Crippen LogP contribution is 2.17. The predicted octanol–water partition coefficient (Wildman–Crippen LogP) is 4.91. The largest absolute Gasteiger partial charge is 0.394 e. The third-order valence-corrected chi connectivity index (χ3v) is 4.84. The molecule has 5 heteroatoms. The van der Waals surface area contributed by atoms with Crippen LogP contribution < -0.4 is 5.32 Å². The maximum absolute atomic E-state index is 11.9. The van der Waals surface area contributed by atoms with Gasteiger partial charge in [-0.25, -0.2) is 0 Å². The van der Waals surface area contributed by atoms with E-state index in [9.17, 15) is 19.4 Å². The molecule has 158 valence electrons. The van der Waals surface area contributed by atoms with Crippen molar-refractivity contribution in [1.82, 2.24) is 5.32 Å². The van der Waals surface area contributed by atoms with Crippen LogP contribution in [0.5, 0.6) is 0 Å². The minimum atomic E-state index is -0.865. The quantitative estimate of drug-likeness (QED) is 0.297. The number of nitrogens with one attached hydrogen (secondary N) is 1. The number of aliphatic hydroxyl groups excluding tert-OH is 2. The van der Waals surface area contributed by atoms with Crippen LogP contribution in [-0.4, -0.2) is 41.5 Å². The molecule has 0 aromatic rings. The Hall–Kier alpha value is -0.680. The van der Waals surface area contributed by atoms with Crippen molar-refractivity contribution < 1.29 is 19.4 Å². The summed E-state index contributed by atoms with van der Waals surface area (Å²) in [5, 5.41) is 21.6. The summed E-state index contributed by atoms with van der Waals surface area (Å²) < 4.78 is 11.9. The maximum Gasteiger partial charge on any atom is 0.217 e. The van der Waals surface area contributed by atoms with E-state index < -0.39 is 5.54 Å². The molecule has 0 aromatic heterocycles. The molecule has 4 nitrogen and oxygen atoms in total. The number of rotatable bonds is 18. The molecule has 0 aliphatic carbocycles. The van der Waals surface area contributed by atoms with Crippen LogP contribution in [0.2, 0.25) is 0 Å². The molecule has 0 radical (unpaired) electrons. The van der Waals surface area contributed by atoms with E-state index in [1.807, 2.05) is 0 Å². The number of carbonyl (C=O) groups excluding carboxylic acids is 1. The van der Waals surface area contributed by atoms with E-state index in [4.69, 9.17) is 0 Å². The van der Waals surface area contributed by atoms with E-state index in [1.54, 1.807) is 0 Å². The lowest BCUT2D eigenvalue weighted by Gasteiger charge is -2.30. The minimum absolute atomic E-state index is 0. The van der Waals surface area contributed by atoms with Crippen molar-refractivity contribution in [3.63, 3.8) is 0 Å². The van der Waals surface area contributed by atoms with Gasteiger partial charge in [0.25, 0.3) is 0 Å². The van der Waals surface area contributed by atoms with Crippen LogP contribution in [0.15, 0.2) is 0 Å². The van der Waals surface area contributed by atoms with Crippen LogP contribution in [-0.2, 0) is 4.79 Å². The van der Waals surface area contributed by atoms with Gasteiger partial charge in [0.15, 0.2) is 0 Å². The molecule has 26 heavy (non-hydrogen) atoms. The number of aliphatic hydroxyl groups is 2. The lowest BCUT2D eigenvalue weighted by atomic mass is 9.93. The monoisotopic (exact) mass is 377 g/mol. The second-order valence-electron chi connectivity index (χ2n) is 7.31. The van der Waals surface area contributed by atoms with E-state index in [2.05, 4.69) is 5.32 Å². The fourth-order valence-electron chi connectivity index (χ4n) is 3.23. The Morgan fingerprint density at radius 2 is 1.12 bits per heavy atom. The summed E-state index contributed by atoms with van der Waals surface area (Å²) in [6.45, 7) is 0.784. The Kier molecular flexibility index (Phi) is 20.2. The molecule has 0 aliphatic rings. The van der Waals surface area contributed by atoms with Gasteiger partial charge in [0.1, 0.15) is 0 Å². The van der Waals surface area contributed by atoms with E-state index in [-0.39, 0.29) is 33.2 Å². The van der Waals surface area contributed by atoms with Crippen LogP contribution >= 0.6 is 0 Å². The summed E-state index contributed by atoms with van der Waals surface area (Å²) >= 11 is 0. The first kappa shape index (κ1) is 27.5. The molecule has 0 aromatic carbocycles. The van der Waals surface area contributed by atoms with Gasteiger partial charge in [-0.2, -0.15) is 0 Å². The number of halogens is 1. The summed E-state index contributed by atoms with van der Waals surface area (Å²) in [4.78, 5) is 11.2. The molecule has 0 saturated carbocycles. The first-order chi connectivity index (χ1) is 12.1. The van der Waals surface area contributed by atoms with E-state index in [0.717, 1.165) is 32.1 Å². The molecular weight excluding hydrogens is 333 g/mol. The number of amides is 1. The fourth-order valence-corrected chi connectivity index (χ4v) is 3.23. The van der Waals surface area contributed by atoms with Gasteiger partial charge in [0.05, 0.1) is 25.4 Å². The van der Waals surface area contributed by atoms with Crippen molar-refractivity contribution >= 4 is 5.91 Å². The third kappa shape index (κ3) is 15.6. The average molecular weight is 378 g/mol. The van der Waals surface area contributed by atoms with Crippen LogP contribution in [0.4, 0.5) is 4.39 Å². The second-order valence-corrected chi connectivity index (χ2v) is 7.31. The van der Waals surface area contributed by atoms with Crippen LogP contribution in [0.1, 0.15) is 104 Å². The van der Waals surface area contributed by atoms with Crippen molar-refractivity contribution in [2.45, 2.75) is 110 Å². The molecule has 0 aliphatic heterocycles. The Morgan fingerprint density at radius 1 is 0.769 bits per heavy atom. The minimum Gasteiger partial charge on any atom is -0.394 e. The van der Waals surface area contributed by atoms with Gasteiger partial charge in [0.2, 0.25) is 5.91 Å². The van der Waals surface area contributed by atoms with Crippen molar-refractivity contribution in [3.8, 4) is 0 Å². The number of unbranched alkanes of at least 4 members (excludes halogenated alkanes) is 12. The molecule has 0 bridgehead atoms. The van der Waals surface area contributed by atoms with E-state index in [0.29, 0.717) is 6.42 Å². The van der Waals surface area contributed by atoms with Crippen LogP contribution in [0, 0.1) is 0 Å². The Labute approximate surface area is 161 Å². The topological polar surface area (TPSA) is 69.6 Å². The van der Waals surface area contributed by atoms with Gasteiger partial charge in [-0.1, -0.05) is 84.5 Å². The van der Waals surface area contributed by atoms with Crippen LogP contribution in [0.3, 0.4) is 0 Å². The van der Waals surface area contributed by atoms with Gasteiger partial charge in [-0.15, -0.1) is 0 Å². The number of hydrogen-bond donors (Lipinski definition) is 3. The molecule has 0 rings (SSSR count). The van der Waals surface area contributed by atoms with Gasteiger partial charge in [0, 0.05) is 6.92 Å². The average Bonchev–Trinajstić information content (AvgIpc) is 2.60. The van der Waals surface area contributed by atoms with Crippen molar-refractivity contribution in [1.29, 1.82) is 0 Å². The Balaban J connectivity index is 0. The van der Waals surface area contributed by atoms with Crippen molar-refractivity contribution in [3.05, 3.63) is 0 Å². The number of alkyl halides is 1. The lowest BCUT2D eigenvalue weighted by molar-refractivity contribution is -0.122. The summed E-state index contributed by atoms with van der Waals surface area (Å²) in [5.74, 6) is -0.217. The smallest absolute Gasteiger partial charge is 0.217 e. The standard InChI is InChI=1S/C20H40FNO3.CH4/c1-19(25)22-20(17-23,18-24)15-13-11-9-7-5-3-2-4-6-8-10-12-14-16-21;/h23-24H,2-18H2,1H3,(H,22,25);1H4. The number of hydrogen-bond acceptors (Lipinski definition) is 3. The SMILES string of the molecule is C.CC(=O)NC(CO)(CO)CCCCCCCCCCCCCCCF. The van der Waals surface area contributed by atoms with Gasteiger partial charge in [-0.3, -0.25) is 9.18 Å². The molecule has 0 spiro atoms. The summed E-state index contributed by atoms with van der Waals surface area (Å²) in [7, 11) is 0. The number of carbonyl (C=O) groups is 1. The summed E-state index contributed by atoms with van der Waals surface area (Å²) in [5.41, 5.74) is -0.865. The zero-order valence-corrected chi connectivity index (χ0v) is 16.2. The molecule has 0 unspecified atom stereocenters. The first-order valence-corrected chi connectivity index (χ1v) is 10.2. The highest BCUT2D eigenvalue weighted by Gasteiger charge is 2.28. The molecular formula is C21H44FNO3. The first-order valence-electron chi connectivity index (χ1n) is 10.2. The lowest BCUT2D eigenvalue weighted by Crippen LogP contribution is -2.53. The third-order valence-electron chi connectivity index (χ3n) is 4.84. The summed E-state index contributed by atoms with van der Waals surface area (Å²) in [6.07, 6.45) is 15.6. The van der Waals surface area contributed by atoms with Gasteiger partial charge in [-0.05, 0) is 12.8 Å². The normalized spacial score (nSPS) is 11.2. The zero-order valence-electron chi connectivity index (χ0n) is 16.2. The molecule has 3 N–H and O–H groups in total. The highest BCUT2D eigenvalue weighted by atomic mass is 19.1. The molecule has 0 saturated heterocycles. The van der Waals surface area contributed by atoms with E-state index >= 15 is 0 Å². The van der Waals surface area contributed by atoms with Gasteiger partial charge < -0.3 is 15.5 Å². The molecule has 1 amide bonds. The predicted molar refractivity (Wildman–Crippen MR) is 108 cm³/mol.